The van der Waals surface area contributed by atoms with E-state index in [1.807, 2.05) is 0 Å². The van der Waals surface area contributed by atoms with Gasteiger partial charge in [-0.2, -0.15) is 0 Å². The van der Waals surface area contributed by atoms with Crippen LogP contribution in [0, 0.1) is 0 Å². The number of furan rings is 1. The highest BCUT2D eigenvalue weighted by atomic mass is 16.3. The number of benzene rings is 1. The molecule has 0 saturated heterocycles. The number of anilines is 1. The zero-order valence-electron chi connectivity index (χ0n) is 17.9. The van der Waals surface area contributed by atoms with Gasteiger partial charge in [0.2, 0.25) is 0 Å². The van der Waals surface area contributed by atoms with E-state index >= 15 is 0 Å². The molecule has 1 aromatic carbocycles. The van der Waals surface area contributed by atoms with Crippen LogP contribution in [0.2, 0.25) is 0 Å². The van der Waals surface area contributed by atoms with Crippen LogP contribution >= 0.6 is 0 Å². The molecule has 0 saturated carbocycles. The average molecular weight is 382 g/mol. The molecule has 3 rings (SSSR count). The molecule has 0 aliphatic carbocycles. The highest BCUT2D eigenvalue weighted by Crippen LogP contribution is 2.32. The molecular weight excluding hydrogens is 346 g/mol. The van der Waals surface area contributed by atoms with Crippen LogP contribution in [0.5, 0.6) is 0 Å². The Morgan fingerprint density at radius 2 is 1.82 bits per heavy atom. The molecule has 0 amide bonds. The summed E-state index contributed by atoms with van der Waals surface area (Å²) in [6.07, 6.45) is 7.94. The van der Waals surface area contributed by atoms with Crippen LogP contribution in [0.15, 0.2) is 28.7 Å². The van der Waals surface area contributed by atoms with E-state index in [4.69, 9.17) is 10.2 Å². The van der Waals surface area contributed by atoms with Gasteiger partial charge in [-0.25, -0.2) is 4.98 Å². The number of rotatable bonds is 9. The van der Waals surface area contributed by atoms with Crippen LogP contribution in [0.3, 0.4) is 0 Å². The molecule has 4 nitrogen and oxygen atoms in total. The van der Waals surface area contributed by atoms with E-state index in [9.17, 15) is 0 Å². The summed E-state index contributed by atoms with van der Waals surface area (Å²) in [7, 11) is 0. The molecule has 0 fully saturated rings. The average Bonchev–Trinajstić information content (AvgIpc) is 3.07. The quantitative estimate of drug-likeness (QED) is 0.446. The number of unbranched alkanes of at least 4 members (excludes halogenated alkanes) is 3. The second-order valence-electron chi connectivity index (χ2n) is 8.90. The Balaban J connectivity index is 1.67. The first-order valence-electron chi connectivity index (χ1n) is 10.7. The van der Waals surface area contributed by atoms with Gasteiger partial charge in [0.15, 0.2) is 0 Å². The molecule has 3 N–H and O–H groups in total. The summed E-state index contributed by atoms with van der Waals surface area (Å²) >= 11 is 0. The van der Waals surface area contributed by atoms with Gasteiger partial charge in [-0.15, -0.1) is 0 Å². The first-order chi connectivity index (χ1) is 13.4. The second kappa shape index (κ2) is 8.95. The zero-order chi connectivity index (χ0) is 20.1. The molecule has 0 radical (unpaired) electrons. The Morgan fingerprint density at radius 1 is 1.00 bits per heavy atom. The largest absolute Gasteiger partial charge is 0.460 e. The van der Waals surface area contributed by atoms with Crippen molar-refractivity contribution in [1.29, 1.82) is 0 Å². The predicted octanol–water partition coefficient (Wildman–Crippen LogP) is 6.01. The maximum Gasteiger partial charge on any atom is 0.147 e. The van der Waals surface area contributed by atoms with Crippen LogP contribution in [0.25, 0.3) is 21.9 Å². The van der Waals surface area contributed by atoms with Gasteiger partial charge < -0.3 is 15.5 Å². The van der Waals surface area contributed by atoms with Gasteiger partial charge in [-0.05, 0) is 76.8 Å². The molecule has 3 aromatic rings. The van der Waals surface area contributed by atoms with Crippen LogP contribution in [0.4, 0.5) is 5.82 Å². The molecule has 0 atom stereocenters. The Hall–Kier alpha value is -2.07. The summed E-state index contributed by atoms with van der Waals surface area (Å²) in [4.78, 5) is 4.65. The Kier molecular flexibility index (Phi) is 6.61. The van der Waals surface area contributed by atoms with Crippen LogP contribution in [0.1, 0.15) is 71.1 Å². The number of nitrogens with zero attached hydrogens (tertiary/aromatic N) is 1. The lowest BCUT2D eigenvalue weighted by Gasteiger charge is -2.20. The first kappa shape index (κ1) is 20.7. The van der Waals surface area contributed by atoms with Gasteiger partial charge in [-0.3, -0.25) is 0 Å². The number of pyridine rings is 1. The molecule has 0 spiro atoms. The molecule has 28 heavy (non-hydrogen) atoms. The van der Waals surface area contributed by atoms with Gasteiger partial charge in [0, 0.05) is 17.3 Å². The van der Waals surface area contributed by atoms with E-state index in [1.54, 1.807) is 0 Å². The molecule has 0 unspecified atom stereocenters. The summed E-state index contributed by atoms with van der Waals surface area (Å²) in [5.74, 6) is 1.57. The van der Waals surface area contributed by atoms with Crippen LogP contribution < -0.4 is 11.1 Å². The van der Waals surface area contributed by atoms with Crippen molar-refractivity contribution in [3.63, 3.8) is 0 Å². The van der Waals surface area contributed by atoms with E-state index in [1.165, 1.54) is 24.8 Å². The van der Waals surface area contributed by atoms with Crippen molar-refractivity contribution < 1.29 is 4.42 Å². The number of nitrogens with one attached hydrogen (secondary N) is 1. The number of nitrogen functional groups attached to an aromatic ring is 1. The summed E-state index contributed by atoms with van der Waals surface area (Å²) < 4.78 is 6.13. The van der Waals surface area contributed by atoms with Gasteiger partial charge in [0.1, 0.15) is 17.2 Å². The van der Waals surface area contributed by atoms with Crippen molar-refractivity contribution in [3.05, 3.63) is 35.6 Å². The minimum Gasteiger partial charge on any atom is -0.460 e. The van der Waals surface area contributed by atoms with Gasteiger partial charge in [0.05, 0.1) is 10.9 Å². The van der Waals surface area contributed by atoms with Crippen LogP contribution in [-0.2, 0) is 12.8 Å². The maximum absolute atomic E-state index is 6.23. The van der Waals surface area contributed by atoms with Crippen LogP contribution in [-0.4, -0.2) is 17.1 Å². The molecule has 2 aromatic heterocycles. The molecule has 2 heterocycles. The zero-order valence-corrected chi connectivity index (χ0v) is 17.9. The molecular formula is C24H35N3O. The molecule has 0 aliphatic heterocycles. The fourth-order valence-corrected chi connectivity index (χ4v) is 3.61. The first-order valence-corrected chi connectivity index (χ1v) is 10.7. The summed E-state index contributed by atoms with van der Waals surface area (Å²) in [5.41, 5.74) is 9.57. The highest BCUT2D eigenvalue weighted by Gasteiger charge is 2.13. The number of aromatic nitrogens is 1. The molecule has 4 heteroatoms. The number of aryl methyl sites for hydroxylation is 2. The van der Waals surface area contributed by atoms with Crippen molar-refractivity contribution in [1.82, 2.24) is 10.3 Å². The van der Waals surface area contributed by atoms with Crippen molar-refractivity contribution in [2.45, 2.75) is 78.2 Å². The van der Waals surface area contributed by atoms with E-state index in [0.29, 0.717) is 5.82 Å². The van der Waals surface area contributed by atoms with Gasteiger partial charge >= 0.3 is 0 Å². The molecule has 0 aliphatic rings. The Bertz CT molecular complexity index is 921. The number of fused-ring (bicyclic) bond motifs is 3. The third kappa shape index (κ3) is 5.26. The normalized spacial score (nSPS) is 12.3. The minimum atomic E-state index is 0.206. The van der Waals surface area contributed by atoms with E-state index in [2.05, 4.69) is 62.3 Å². The van der Waals surface area contributed by atoms with Gasteiger partial charge in [0.25, 0.3) is 0 Å². The Labute approximate surface area is 168 Å². The highest BCUT2D eigenvalue weighted by molar-refractivity contribution is 6.06. The summed E-state index contributed by atoms with van der Waals surface area (Å²) in [5, 5.41) is 5.55. The molecule has 0 bridgehead atoms. The molecule has 152 valence electrons. The van der Waals surface area contributed by atoms with E-state index < -0.39 is 0 Å². The number of hydrogen-bond donors (Lipinski definition) is 2. The van der Waals surface area contributed by atoms with Crippen molar-refractivity contribution in [2.24, 2.45) is 0 Å². The van der Waals surface area contributed by atoms with E-state index in [0.717, 1.165) is 59.9 Å². The lowest BCUT2D eigenvalue weighted by molar-refractivity contribution is 0.417. The second-order valence-corrected chi connectivity index (χ2v) is 8.90. The van der Waals surface area contributed by atoms with Crippen molar-refractivity contribution in [3.8, 4) is 0 Å². The SMILES string of the molecule is CCCCc1cc2c(N)nc3cc(CCCCCNC(C)(C)C)ccc3c2o1. The lowest BCUT2D eigenvalue weighted by Crippen LogP contribution is -2.36. The lowest BCUT2D eigenvalue weighted by atomic mass is 10.0. The monoisotopic (exact) mass is 381 g/mol. The topological polar surface area (TPSA) is 64.1 Å². The standard InChI is InChI=1S/C24H35N3O/c1-5-6-11-18-16-20-22(28-18)19-13-12-17(15-21(19)27-23(20)25)10-8-7-9-14-26-24(2,3)4/h12-13,15-16,26H,5-11,14H2,1-4H3,(H2,25,27). The van der Waals surface area contributed by atoms with Crippen molar-refractivity contribution in [2.75, 3.05) is 12.3 Å². The maximum atomic E-state index is 6.23. The minimum absolute atomic E-state index is 0.206. The third-order valence-corrected chi connectivity index (χ3v) is 5.18. The fraction of sp³-hybridized carbons (Fsp3) is 0.542. The van der Waals surface area contributed by atoms with E-state index in [-0.39, 0.29) is 5.54 Å². The summed E-state index contributed by atoms with van der Waals surface area (Å²) in [6.45, 7) is 9.91. The summed E-state index contributed by atoms with van der Waals surface area (Å²) in [6, 6.07) is 8.59. The fourth-order valence-electron chi connectivity index (χ4n) is 3.61. The Morgan fingerprint density at radius 3 is 2.57 bits per heavy atom. The van der Waals surface area contributed by atoms with Gasteiger partial charge in [-0.1, -0.05) is 25.8 Å². The predicted molar refractivity (Wildman–Crippen MR) is 120 cm³/mol. The van der Waals surface area contributed by atoms with Crippen molar-refractivity contribution >= 4 is 27.7 Å². The number of hydrogen-bond acceptors (Lipinski definition) is 4. The number of nitrogens with two attached hydrogens (primary N) is 1. The smallest absolute Gasteiger partial charge is 0.147 e. The third-order valence-electron chi connectivity index (χ3n) is 5.18.